The van der Waals surface area contributed by atoms with E-state index in [1.165, 1.54) is 17.7 Å². The van der Waals surface area contributed by atoms with Crippen molar-refractivity contribution in [2.75, 3.05) is 31.1 Å². The number of piperidine rings is 1. The summed E-state index contributed by atoms with van der Waals surface area (Å²) < 4.78 is 19.7. The maximum atomic E-state index is 13.6. The van der Waals surface area contributed by atoms with Crippen LogP contribution in [0.4, 0.5) is 10.1 Å². The molecule has 2 fully saturated rings. The van der Waals surface area contributed by atoms with Crippen LogP contribution in [0.5, 0.6) is 0 Å². The van der Waals surface area contributed by atoms with Gasteiger partial charge in [0.15, 0.2) is 0 Å². The number of morpholine rings is 1. The van der Waals surface area contributed by atoms with Crippen molar-refractivity contribution in [3.8, 4) is 0 Å². The largest absolute Gasteiger partial charge is 0.362 e. The van der Waals surface area contributed by atoms with E-state index in [2.05, 4.69) is 16.0 Å². The second kappa shape index (κ2) is 7.37. The normalized spacial score (nSPS) is 23.8. The smallest absolute Gasteiger partial charge is 0.253 e. The van der Waals surface area contributed by atoms with Crippen LogP contribution >= 0.6 is 0 Å². The molecule has 0 aliphatic carbocycles. The second-order valence-electron chi connectivity index (χ2n) is 7.62. The Bertz CT molecular complexity index is 844. The molecule has 0 radical (unpaired) electrons. The van der Waals surface area contributed by atoms with Crippen LogP contribution in [0.15, 0.2) is 42.7 Å². The van der Waals surface area contributed by atoms with Crippen molar-refractivity contribution < 1.29 is 13.9 Å². The van der Waals surface area contributed by atoms with Crippen LogP contribution in [-0.2, 0) is 16.1 Å². The Labute approximate surface area is 158 Å². The third-order valence-electron chi connectivity index (χ3n) is 5.33. The minimum Gasteiger partial charge on any atom is -0.362 e. The van der Waals surface area contributed by atoms with Crippen molar-refractivity contribution in [2.24, 2.45) is 0 Å². The number of hydrogen-bond donors (Lipinski definition) is 0. The van der Waals surface area contributed by atoms with E-state index in [1.807, 2.05) is 19.3 Å². The lowest BCUT2D eigenvalue weighted by Gasteiger charge is -2.47. The quantitative estimate of drug-likeness (QED) is 0.835. The van der Waals surface area contributed by atoms with E-state index in [0.29, 0.717) is 12.2 Å². The molecule has 27 heavy (non-hydrogen) atoms. The summed E-state index contributed by atoms with van der Waals surface area (Å²) in [6.07, 6.45) is 5.66. The first-order chi connectivity index (χ1) is 13.0. The van der Waals surface area contributed by atoms with Crippen molar-refractivity contribution in [2.45, 2.75) is 31.9 Å². The lowest BCUT2D eigenvalue weighted by atomic mass is 9.90. The number of carbonyl (C=O) groups is 1. The van der Waals surface area contributed by atoms with Gasteiger partial charge in [-0.2, -0.15) is 0 Å². The van der Waals surface area contributed by atoms with Crippen LogP contribution in [0.25, 0.3) is 0 Å². The van der Waals surface area contributed by atoms with Crippen LogP contribution < -0.4 is 4.90 Å². The summed E-state index contributed by atoms with van der Waals surface area (Å²) in [6, 6.07) is 8.37. The standard InChI is InChI=1S/C21H24FN3O2/c1-16-8-17(11-23-10-16)12-24-7-3-6-21(14-24)15-25(20(26)13-27-21)19-5-2-4-18(22)9-19/h2,4-5,8-11H,3,6-7,12-15H2,1H3. The van der Waals surface area contributed by atoms with Crippen molar-refractivity contribution in [3.63, 3.8) is 0 Å². The lowest BCUT2D eigenvalue weighted by Crippen LogP contribution is -2.61. The van der Waals surface area contributed by atoms with Crippen LogP contribution in [0.1, 0.15) is 24.0 Å². The van der Waals surface area contributed by atoms with Gasteiger partial charge in [0.2, 0.25) is 0 Å². The summed E-state index contributed by atoms with van der Waals surface area (Å²) in [5.41, 5.74) is 2.52. The molecule has 1 unspecified atom stereocenters. The highest BCUT2D eigenvalue weighted by Crippen LogP contribution is 2.32. The Morgan fingerprint density at radius 1 is 1.26 bits per heavy atom. The number of aryl methyl sites for hydroxylation is 1. The Morgan fingerprint density at radius 2 is 2.15 bits per heavy atom. The number of anilines is 1. The number of hydrogen-bond acceptors (Lipinski definition) is 4. The summed E-state index contributed by atoms with van der Waals surface area (Å²) in [4.78, 5) is 20.7. The molecule has 2 aliphatic heterocycles. The molecule has 4 rings (SSSR count). The molecule has 3 heterocycles. The molecular weight excluding hydrogens is 345 g/mol. The number of rotatable bonds is 3. The van der Waals surface area contributed by atoms with Gasteiger partial charge in [-0.15, -0.1) is 0 Å². The van der Waals surface area contributed by atoms with E-state index >= 15 is 0 Å². The van der Waals surface area contributed by atoms with Gasteiger partial charge in [-0.1, -0.05) is 12.1 Å². The van der Waals surface area contributed by atoms with Crippen molar-refractivity contribution in [3.05, 3.63) is 59.7 Å². The number of likely N-dealkylation sites (tertiary alicyclic amines) is 1. The highest BCUT2D eigenvalue weighted by molar-refractivity contribution is 5.95. The lowest BCUT2D eigenvalue weighted by molar-refractivity contribution is -0.146. The Morgan fingerprint density at radius 3 is 2.96 bits per heavy atom. The van der Waals surface area contributed by atoms with Gasteiger partial charge in [-0.25, -0.2) is 4.39 Å². The van der Waals surface area contributed by atoms with Crippen LogP contribution in [0.2, 0.25) is 0 Å². The molecule has 1 aromatic heterocycles. The topological polar surface area (TPSA) is 45.7 Å². The fourth-order valence-electron chi connectivity index (χ4n) is 4.13. The van der Waals surface area contributed by atoms with Crippen LogP contribution in [0, 0.1) is 12.7 Å². The number of pyridine rings is 1. The first-order valence-corrected chi connectivity index (χ1v) is 9.36. The molecule has 2 saturated heterocycles. The third kappa shape index (κ3) is 4.01. The van der Waals surface area contributed by atoms with Crippen molar-refractivity contribution in [1.82, 2.24) is 9.88 Å². The van der Waals surface area contributed by atoms with Gasteiger partial charge in [0.25, 0.3) is 5.91 Å². The van der Waals surface area contributed by atoms with E-state index in [-0.39, 0.29) is 18.3 Å². The second-order valence-corrected chi connectivity index (χ2v) is 7.62. The highest BCUT2D eigenvalue weighted by atomic mass is 19.1. The zero-order valence-corrected chi connectivity index (χ0v) is 15.5. The molecule has 1 atom stereocenters. The maximum Gasteiger partial charge on any atom is 0.253 e. The summed E-state index contributed by atoms with van der Waals surface area (Å²) in [5.74, 6) is -0.454. The predicted molar refractivity (Wildman–Crippen MR) is 101 cm³/mol. The molecule has 1 spiro atoms. The predicted octanol–water partition coefficient (Wildman–Crippen LogP) is 2.93. The minimum atomic E-state index is -0.407. The summed E-state index contributed by atoms with van der Waals surface area (Å²) in [7, 11) is 0. The summed E-state index contributed by atoms with van der Waals surface area (Å²) in [5, 5.41) is 0. The number of carbonyl (C=O) groups excluding carboxylic acids is 1. The number of aromatic nitrogens is 1. The zero-order valence-electron chi connectivity index (χ0n) is 15.5. The number of nitrogens with zero attached hydrogens (tertiary/aromatic N) is 3. The van der Waals surface area contributed by atoms with Crippen molar-refractivity contribution >= 4 is 11.6 Å². The van der Waals surface area contributed by atoms with Gasteiger partial charge in [-0.05, 0) is 55.6 Å². The third-order valence-corrected chi connectivity index (χ3v) is 5.33. The number of halogens is 1. The fraction of sp³-hybridized carbons (Fsp3) is 0.429. The molecular formula is C21H24FN3O2. The minimum absolute atomic E-state index is 0.0380. The molecule has 2 aromatic rings. The Balaban J connectivity index is 1.51. The van der Waals surface area contributed by atoms with Gasteiger partial charge in [0.1, 0.15) is 12.4 Å². The molecule has 5 nitrogen and oxygen atoms in total. The zero-order chi connectivity index (χ0) is 18.9. The Kier molecular flexibility index (Phi) is 4.93. The highest BCUT2D eigenvalue weighted by Gasteiger charge is 2.43. The van der Waals surface area contributed by atoms with Gasteiger partial charge < -0.3 is 9.64 Å². The van der Waals surface area contributed by atoms with Gasteiger partial charge in [0.05, 0.1) is 12.1 Å². The number of ether oxygens (including phenoxy) is 1. The number of benzene rings is 1. The first-order valence-electron chi connectivity index (χ1n) is 9.36. The SMILES string of the molecule is Cc1cncc(CN2CCCC3(C2)CN(c2cccc(F)c2)C(=O)CO3)c1. The maximum absolute atomic E-state index is 13.6. The average molecular weight is 369 g/mol. The van der Waals surface area contributed by atoms with Gasteiger partial charge >= 0.3 is 0 Å². The molecule has 0 N–H and O–H groups in total. The summed E-state index contributed by atoms with van der Waals surface area (Å²) >= 11 is 0. The van der Waals surface area contributed by atoms with Crippen LogP contribution in [0.3, 0.4) is 0 Å². The van der Waals surface area contributed by atoms with E-state index < -0.39 is 5.60 Å². The Hall–Kier alpha value is -2.31. The van der Waals surface area contributed by atoms with E-state index in [1.54, 1.807) is 17.0 Å². The van der Waals surface area contributed by atoms with E-state index in [4.69, 9.17) is 4.74 Å². The molecule has 0 saturated carbocycles. The van der Waals surface area contributed by atoms with E-state index in [0.717, 1.165) is 38.0 Å². The fourth-order valence-corrected chi connectivity index (χ4v) is 4.13. The molecule has 1 aromatic carbocycles. The molecule has 142 valence electrons. The van der Waals surface area contributed by atoms with Gasteiger partial charge in [0, 0.05) is 31.2 Å². The first kappa shape index (κ1) is 18.1. The molecule has 1 amide bonds. The molecule has 0 bridgehead atoms. The van der Waals surface area contributed by atoms with E-state index in [9.17, 15) is 9.18 Å². The monoisotopic (exact) mass is 369 g/mol. The molecule has 6 heteroatoms. The summed E-state index contributed by atoms with van der Waals surface area (Å²) in [6.45, 7) is 5.09. The molecule has 2 aliphatic rings. The van der Waals surface area contributed by atoms with Crippen molar-refractivity contribution in [1.29, 1.82) is 0 Å². The van der Waals surface area contributed by atoms with Gasteiger partial charge in [-0.3, -0.25) is 14.7 Å². The number of amides is 1. The average Bonchev–Trinajstić information content (AvgIpc) is 2.64. The van der Waals surface area contributed by atoms with Crippen LogP contribution in [-0.4, -0.2) is 47.6 Å².